The SMILES string of the molecule is COc1ccc(-c2nnc(SCc3ccccc3C#N)n2C(C)C)cc1. The van der Waals surface area contributed by atoms with Crippen LogP contribution in [0.1, 0.15) is 31.0 Å². The highest BCUT2D eigenvalue weighted by Gasteiger charge is 2.17. The van der Waals surface area contributed by atoms with E-state index in [0.29, 0.717) is 11.3 Å². The number of aromatic nitrogens is 3. The maximum absolute atomic E-state index is 9.25. The smallest absolute Gasteiger partial charge is 0.192 e. The van der Waals surface area contributed by atoms with E-state index in [1.807, 2.05) is 48.5 Å². The van der Waals surface area contributed by atoms with Gasteiger partial charge in [0.25, 0.3) is 0 Å². The summed E-state index contributed by atoms with van der Waals surface area (Å²) in [6.45, 7) is 4.23. The van der Waals surface area contributed by atoms with E-state index < -0.39 is 0 Å². The van der Waals surface area contributed by atoms with Crippen LogP contribution >= 0.6 is 11.8 Å². The van der Waals surface area contributed by atoms with Gasteiger partial charge in [0.15, 0.2) is 11.0 Å². The molecule has 0 saturated carbocycles. The van der Waals surface area contributed by atoms with Crippen molar-refractivity contribution < 1.29 is 4.74 Å². The van der Waals surface area contributed by atoms with Crippen LogP contribution in [0.2, 0.25) is 0 Å². The van der Waals surface area contributed by atoms with Crippen LogP contribution in [0.3, 0.4) is 0 Å². The zero-order valence-electron chi connectivity index (χ0n) is 15.0. The van der Waals surface area contributed by atoms with Gasteiger partial charge in [-0.05, 0) is 49.7 Å². The lowest BCUT2D eigenvalue weighted by molar-refractivity contribution is 0.415. The lowest BCUT2D eigenvalue weighted by Gasteiger charge is -2.14. The summed E-state index contributed by atoms with van der Waals surface area (Å²) in [6, 6.07) is 17.9. The molecule has 0 aliphatic rings. The van der Waals surface area contributed by atoms with E-state index in [0.717, 1.165) is 27.9 Å². The predicted octanol–water partition coefficient (Wildman–Crippen LogP) is 4.70. The minimum absolute atomic E-state index is 0.218. The highest BCUT2D eigenvalue weighted by atomic mass is 32.2. The number of ether oxygens (including phenoxy) is 1. The second-order valence-electron chi connectivity index (χ2n) is 6.06. The zero-order chi connectivity index (χ0) is 18.5. The third kappa shape index (κ3) is 3.73. The van der Waals surface area contributed by atoms with E-state index in [1.165, 1.54) is 0 Å². The molecule has 0 saturated heterocycles. The second kappa shape index (κ2) is 8.07. The monoisotopic (exact) mass is 364 g/mol. The average Bonchev–Trinajstić information content (AvgIpc) is 3.11. The summed E-state index contributed by atoms with van der Waals surface area (Å²) in [5, 5.41) is 18.9. The molecule has 132 valence electrons. The van der Waals surface area contributed by atoms with E-state index in [-0.39, 0.29) is 6.04 Å². The minimum Gasteiger partial charge on any atom is -0.497 e. The normalized spacial score (nSPS) is 10.7. The van der Waals surface area contributed by atoms with Crippen molar-refractivity contribution in [3.8, 4) is 23.2 Å². The molecule has 0 amide bonds. The topological polar surface area (TPSA) is 63.7 Å². The van der Waals surface area contributed by atoms with Gasteiger partial charge in [0.2, 0.25) is 0 Å². The molecule has 3 aromatic rings. The number of thioether (sulfide) groups is 1. The number of hydrogen-bond acceptors (Lipinski definition) is 5. The molecule has 2 aromatic carbocycles. The standard InChI is InChI=1S/C20H20N4OS/c1-14(2)24-19(15-8-10-18(25-3)11-9-15)22-23-20(24)26-13-17-7-5-4-6-16(17)12-21/h4-11,14H,13H2,1-3H3. The van der Waals surface area contributed by atoms with Crippen molar-refractivity contribution in [1.82, 2.24) is 14.8 Å². The summed E-state index contributed by atoms with van der Waals surface area (Å²) in [5.74, 6) is 2.32. The molecule has 3 rings (SSSR count). The summed E-state index contributed by atoms with van der Waals surface area (Å²) in [7, 11) is 1.65. The maximum atomic E-state index is 9.25. The van der Waals surface area contributed by atoms with Gasteiger partial charge in [-0.3, -0.25) is 4.57 Å². The van der Waals surface area contributed by atoms with Gasteiger partial charge in [-0.2, -0.15) is 5.26 Å². The van der Waals surface area contributed by atoms with Crippen molar-refractivity contribution in [1.29, 1.82) is 5.26 Å². The molecule has 1 aromatic heterocycles. The summed E-state index contributed by atoms with van der Waals surface area (Å²) >= 11 is 1.59. The molecule has 0 N–H and O–H groups in total. The fourth-order valence-corrected chi connectivity index (χ4v) is 3.75. The van der Waals surface area contributed by atoms with Crippen LogP contribution < -0.4 is 4.74 Å². The number of methoxy groups -OCH3 is 1. The van der Waals surface area contributed by atoms with Crippen LogP contribution in [-0.2, 0) is 5.75 Å². The summed E-state index contributed by atoms with van der Waals surface area (Å²) in [6.07, 6.45) is 0. The van der Waals surface area contributed by atoms with Crippen molar-refractivity contribution in [2.24, 2.45) is 0 Å². The summed E-state index contributed by atoms with van der Waals surface area (Å²) in [5.41, 5.74) is 2.70. The molecule has 6 heteroatoms. The van der Waals surface area contributed by atoms with E-state index in [4.69, 9.17) is 4.74 Å². The maximum Gasteiger partial charge on any atom is 0.192 e. The van der Waals surface area contributed by atoms with E-state index in [2.05, 4.69) is 34.7 Å². The average molecular weight is 364 g/mol. The van der Waals surface area contributed by atoms with Gasteiger partial charge in [-0.25, -0.2) is 0 Å². The van der Waals surface area contributed by atoms with Gasteiger partial charge in [0, 0.05) is 17.4 Å². The molecule has 26 heavy (non-hydrogen) atoms. The fraction of sp³-hybridized carbons (Fsp3) is 0.250. The fourth-order valence-electron chi connectivity index (χ4n) is 2.68. The van der Waals surface area contributed by atoms with Crippen molar-refractivity contribution in [2.45, 2.75) is 30.8 Å². The lowest BCUT2D eigenvalue weighted by atomic mass is 10.1. The van der Waals surface area contributed by atoms with Gasteiger partial charge in [0.05, 0.1) is 18.7 Å². The lowest BCUT2D eigenvalue weighted by Crippen LogP contribution is -2.05. The molecule has 0 fully saturated rings. The molecule has 1 heterocycles. The van der Waals surface area contributed by atoms with Crippen LogP contribution in [0.15, 0.2) is 53.7 Å². The highest BCUT2D eigenvalue weighted by molar-refractivity contribution is 7.98. The Bertz CT molecular complexity index is 926. The Morgan fingerprint density at radius 2 is 1.85 bits per heavy atom. The first-order valence-electron chi connectivity index (χ1n) is 8.34. The Kier molecular flexibility index (Phi) is 5.59. The molecular weight excluding hydrogens is 344 g/mol. The Labute approximate surface area is 157 Å². The molecule has 0 bridgehead atoms. The quantitative estimate of drug-likeness (QED) is 0.593. The molecule has 0 aliphatic carbocycles. The van der Waals surface area contributed by atoms with Gasteiger partial charge in [-0.15, -0.1) is 10.2 Å². The van der Waals surface area contributed by atoms with Crippen LogP contribution in [0.4, 0.5) is 0 Å². The van der Waals surface area contributed by atoms with E-state index in [1.54, 1.807) is 18.9 Å². The molecular formula is C20H20N4OS. The number of nitriles is 1. The Morgan fingerprint density at radius 1 is 1.12 bits per heavy atom. The Morgan fingerprint density at radius 3 is 2.50 bits per heavy atom. The van der Waals surface area contributed by atoms with Crippen molar-refractivity contribution in [2.75, 3.05) is 7.11 Å². The van der Waals surface area contributed by atoms with Gasteiger partial charge < -0.3 is 4.74 Å². The molecule has 5 nitrogen and oxygen atoms in total. The third-order valence-corrected chi connectivity index (χ3v) is 5.02. The number of rotatable bonds is 6. The molecule has 0 aliphatic heterocycles. The van der Waals surface area contributed by atoms with Gasteiger partial charge in [-0.1, -0.05) is 30.0 Å². The predicted molar refractivity (Wildman–Crippen MR) is 103 cm³/mol. The number of benzene rings is 2. The minimum atomic E-state index is 0.218. The third-order valence-electron chi connectivity index (χ3n) is 4.02. The number of nitrogens with zero attached hydrogens (tertiary/aromatic N) is 4. The molecule has 0 radical (unpaired) electrons. The van der Waals surface area contributed by atoms with Crippen LogP contribution in [-0.4, -0.2) is 21.9 Å². The largest absolute Gasteiger partial charge is 0.497 e. The summed E-state index contributed by atoms with van der Waals surface area (Å²) in [4.78, 5) is 0. The Balaban J connectivity index is 1.88. The first-order valence-corrected chi connectivity index (χ1v) is 9.32. The van der Waals surface area contributed by atoms with E-state index in [9.17, 15) is 5.26 Å². The van der Waals surface area contributed by atoms with Crippen molar-refractivity contribution >= 4 is 11.8 Å². The van der Waals surface area contributed by atoms with E-state index >= 15 is 0 Å². The van der Waals surface area contributed by atoms with Crippen LogP contribution in [0.25, 0.3) is 11.4 Å². The van der Waals surface area contributed by atoms with Crippen LogP contribution in [0.5, 0.6) is 5.75 Å². The molecule has 0 atom stereocenters. The van der Waals surface area contributed by atoms with Crippen LogP contribution in [0, 0.1) is 11.3 Å². The first-order chi connectivity index (χ1) is 12.6. The zero-order valence-corrected chi connectivity index (χ0v) is 15.8. The Hall–Kier alpha value is -2.78. The highest BCUT2D eigenvalue weighted by Crippen LogP contribution is 2.30. The van der Waals surface area contributed by atoms with Gasteiger partial charge in [0.1, 0.15) is 5.75 Å². The first kappa shape index (κ1) is 18.0. The van der Waals surface area contributed by atoms with Crippen molar-refractivity contribution in [3.05, 3.63) is 59.7 Å². The second-order valence-corrected chi connectivity index (χ2v) is 7.00. The summed E-state index contributed by atoms with van der Waals surface area (Å²) < 4.78 is 7.35. The van der Waals surface area contributed by atoms with Crippen molar-refractivity contribution in [3.63, 3.8) is 0 Å². The molecule has 0 unspecified atom stereocenters. The molecule has 0 spiro atoms. The van der Waals surface area contributed by atoms with Gasteiger partial charge >= 0.3 is 0 Å². The number of hydrogen-bond donors (Lipinski definition) is 0.